The van der Waals surface area contributed by atoms with Crippen LogP contribution in [0.2, 0.25) is 0 Å². The van der Waals surface area contributed by atoms with Crippen molar-refractivity contribution in [2.45, 2.75) is 32.2 Å². The van der Waals surface area contributed by atoms with Gasteiger partial charge in [-0.05, 0) is 37.5 Å². The van der Waals surface area contributed by atoms with Crippen LogP contribution in [0.25, 0.3) is 0 Å². The molecule has 0 radical (unpaired) electrons. The van der Waals surface area contributed by atoms with Crippen molar-refractivity contribution in [3.05, 3.63) is 29.8 Å². The van der Waals surface area contributed by atoms with Crippen LogP contribution in [0.1, 0.15) is 25.8 Å². The van der Waals surface area contributed by atoms with E-state index in [1.165, 1.54) is 4.90 Å². The van der Waals surface area contributed by atoms with E-state index in [1.807, 2.05) is 31.2 Å². The molecule has 1 aromatic carbocycles. The molecule has 19 heavy (non-hydrogen) atoms. The van der Waals surface area contributed by atoms with Crippen LogP contribution in [0.15, 0.2) is 24.3 Å². The maximum absolute atomic E-state index is 12.2. The molecule has 5 heteroatoms. The number of nitrogen functional groups attached to an aromatic ring is 1. The average molecular weight is 261 g/mol. The lowest BCUT2D eigenvalue weighted by Gasteiger charge is -2.19. The number of carbonyl (C=O) groups is 2. The summed E-state index contributed by atoms with van der Waals surface area (Å²) in [6, 6.07) is 7.15. The molecule has 0 saturated carbocycles. The van der Waals surface area contributed by atoms with Gasteiger partial charge in [0.1, 0.15) is 5.54 Å². The highest BCUT2D eigenvalue weighted by Gasteiger charge is 2.45. The lowest BCUT2D eigenvalue weighted by Crippen LogP contribution is -2.43. The van der Waals surface area contributed by atoms with Crippen molar-refractivity contribution in [1.29, 1.82) is 0 Å². The van der Waals surface area contributed by atoms with E-state index in [9.17, 15) is 9.59 Å². The molecule has 5 nitrogen and oxygen atoms in total. The summed E-state index contributed by atoms with van der Waals surface area (Å²) in [5.74, 6) is -0.143. The van der Waals surface area contributed by atoms with Crippen LogP contribution < -0.4 is 11.1 Å². The Kier molecular flexibility index (Phi) is 3.46. The second kappa shape index (κ2) is 4.91. The molecule has 1 atom stereocenters. The molecule has 1 saturated heterocycles. The number of rotatable bonds is 4. The van der Waals surface area contributed by atoms with Crippen molar-refractivity contribution in [2.75, 3.05) is 12.3 Å². The topological polar surface area (TPSA) is 75.4 Å². The van der Waals surface area contributed by atoms with Gasteiger partial charge in [-0.1, -0.05) is 19.1 Å². The summed E-state index contributed by atoms with van der Waals surface area (Å²) in [6.45, 7) is 4.04. The number of hydrogen-bond donors (Lipinski definition) is 2. The molecule has 2 rings (SSSR count). The molecule has 1 heterocycles. The van der Waals surface area contributed by atoms with E-state index in [-0.39, 0.29) is 11.9 Å². The van der Waals surface area contributed by atoms with Gasteiger partial charge in [0.15, 0.2) is 0 Å². The largest absolute Gasteiger partial charge is 0.399 e. The maximum atomic E-state index is 12.2. The average Bonchev–Trinajstić information content (AvgIpc) is 2.61. The Hall–Kier alpha value is -2.04. The molecule has 1 fully saturated rings. The van der Waals surface area contributed by atoms with Gasteiger partial charge in [0.2, 0.25) is 0 Å². The molecule has 1 aromatic rings. The molecular formula is C14H19N3O2. The first-order valence-electron chi connectivity index (χ1n) is 6.45. The fourth-order valence-corrected chi connectivity index (χ4v) is 2.11. The number of anilines is 1. The van der Waals surface area contributed by atoms with Gasteiger partial charge in [0, 0.05) is 12.2 Å². The van der Waals surface area contributed by atoms with E-state index in [4.69, 9.17) is 5.73 Å². The predicted octanol–water partition coefficient (Wildman–Crippen LogP) is 1.53. The Labute approximate surface area is 112 Å². The Balaban J connectivity index is 2.02. The van der Waals surface area contributed by atoms with Gasteiger partial charge in [0.25, 0.3) is 5.91 Å². The normalized spacial score (nSPS) is 22.7. The van der Waals surface area contributed by atoms with Gasteiger partial charge >= 0.3 is 6.03 Å². The second-order valence-corrected chi connectivity index (χ2v) is 5.06. The zero-order valence-electron chi connectivity index (χ0n) is 11.3. The number of nitrogens with zero attached hydrogens (tertiary/aromatic N) is 1. The summed E-state index contributed by atoms with van der Waals surface area (Å²) >= 11 is 0. The summed E-state index contributed by atoms with van der Waals surface area (Å²) < 4.78 is 0. The lowest BCUT2D eigenvalue weighted by atomic mass is 9.99. The van der Waals surface area contributed by atoms with Crippen molar-refractivity contribution < 1.29 is 9.59 Å². The molecule has 0 bridgehead atoms. The van der Waals surface area contributed by atoms with Crippen LogP contribution in [-0.2, 0) is 11.2 Å². The number of imide groups is 1. The van der Waals surface area contributed by atoms with Gasteiger partial charge < -0.3 is 11.1 Å². The summed E-state index contributed by atoms with van der Waals surface area (Å²) in [5, 5.41) is 2.74. The van der Waals surface area contributed by atoms with Gasteiger partial charge in [-0.3, -0.25) is 9.69 Å². The first-order valence-corrected chi connectivity index (χ1v) is 6.45. The smallest absolute Gasteiger partial charge is 0.325 e. The van der Waals surface area contributed by atoms with Crippen LogP contribution >= 0.6 is 0 Å². The van der Waals surface area contributed by atoms with Crippen molar-refractivity contribution >= 4 is 17.6 Å². The lowest BCUT2D eigenvalue weighted by molar-refractivity contribution is -0.130. The molecule has 3 amide bonds. The summed E-state index contributed by atoms with van der Waals surface area (Å²) in [6.07, 6.45) is 1.23. The number of benzene rings is 1. The number of hydrogen-bond acceptors (Lipinski definition) is 3. The predicted molar refractivity (Wildman–Crippen MR) is 73.5 cm³/mol. The summed E-state index contributed by atoms with van der Waals surface area (Å²) in [7, 11) is 0. The monoisotopic (exact) mass is 261 g/mol. The van der Waals surface area contributed by atoms with E-state index in [2.05, 4.69) is 5.32 Å². The number of nitrogens with two attached hydrogens (primary N) is 1. The van der Waals surface area contributed by atoms with Crippen LogP contribution in [-0.4, -0.2) is 28.9 Å². The number of nitrogens with one attached hydrogen (secondary N) is 1. The van der Waals surface area contributed by atoms with Gasteiger partial charge in [-0.2, -0.15) is 0 Å². The van der Waals surface area contributed by atoms with Gasteiger partial charge in [-0.15, -0.1) is 0 Å². The summed E-state index contributed by atoms with van der Waals surface area (Å²) in [4.78, 5) is 25.3. The van der Waals surface area contributed by atoms with E-state index >= 15 is 0 Å². The Morgan fingerprint density at radius 1 is 1.26 bits per heavy atom. The van der Waals surface area contributed by atoms with E-state index in [0.717, 1.165) is 5.56 Å². The third-order valence-electron chi connectivity index (χ3n) is 3.66. The molecule has 1 aliphatic rings. The highest BCUT2D eigenvalue weighted by Crippen LogP contribution is 2.21. The van der Waals surface area contributed by atoms with Gasteiger partial charge in [0.05, 0.1) is 0 Å². The highest BCUT2D eigenvalue weighted by molar-refractivity contribution is 6.06. The van der Waals surface area contributed by atoms with Crippen molar-refractivity contribution in [3.8, 4) is 0 Å². The van der Waals surface area contributed by atoms with Crippen molar-refractivity contribution in [1.82, 2.24) is 10.2 Å². The van der Waals surface area contributed by atoms with Crippen LogP contribution in [0.4, 0.5) is 10.5 Å². The van der Waals surface area contributed by atoms with Crippen molar-refractivity contribution in [2.24, 2.45) is 0 Å². The van der Waals surface area contributed by atoms with Gasteiger partial charge in [-0.25, -0.2) is 4.79 Å². The van der Waals surface area contributed by atoms with E-state index in [1.54, 1.807) is 6.92 Å². The first kappa shape index (κ1) is 13.4. The zero-order valence-corrected chi connectivity index (χ0v) is 11.3. The number of amides is 3. The quantitative estimate of drug-likeness (QED) is 0.637. The standard InChI is InChI=1S/C14H19N3O2/c1-3-14(2)12(18)17(13(19)16-14)9-8-10-4-6-11(15)7-5-10/h4-7H,3,8-9,15H2,1-2H3,(H,16,19). The number of carbonyl (C=O) groups excluding carboxylic acids is 2. The minimum absolute atomic E-state index is 0.143. The third kappa shape index (κ3) is 2.54. The molecule has 0 spiro atoms. The molecular weight excluding hydrogens is 242 g/mol. The van der Waals surface area contributed by atoms with Crippen LogP contribution in [0.3, 0.4) is 0 Å². The Morgan fingerprint density at radius 3 is 2.42 bits per heavy atom. The molecule has 0 aromatic heterocycles. The summed E-state index contributed by atoms with van der Waals surface area (Å²) in [5.41, 5.74) is 6.62. The molecule has 1 aliphatic heterocycles. The second-order valence-electron chi connectivity index (χ2n) is 5.06. The molecule has 1 unspecified atom stereocenters. The Morgan fingerprint density at radius 2 is 1.89 bits per heavy atom. The minimum Gasteiger partial charge on any atom is -0.399 e. The fraction of sp³-hybridized carbons (Fsp3) is 0.429. The van der Waals surface area contributed by atoms with Crippen LogP contribution in [0.5, 0.6) is 0 Å². The van der Waals surface area contributed by atoms with E-state index in [0.29, 0.717) is 25.1 Å². The third-order valence-corrected chi connectivity index (χ3v) is 3.66. The fourth-order valence-electron chi connectivity index (χ4n) is 2.11. The van der Waals surface area contributed by atoms with Crippen LogP contribution in [0, 0.1) is 0 Å². The first-order chi connectivity index (χ1) is 8.96. The molecule has 3 N–H and O–H groups in total. The Bertz CT molecular complexity index is 498. The molecule has 102 valence electrons. The number of urea groups is 1. The maximum Gasteiger partial charge on any atom is 0.325 e. The highest BCUT2D eigenvalue weighted by atomic mass is 16.2. The van der Waals surface area contributed by atoms with Crippen molar-refractivity contribution in [3.63, 3.8) is 0 Å². The SMILES string of the molecule is CCC1(C)NC(=O)N(CCc2ccc(N)cc2)C1=O. The minimum atomic E-state index is -0.752. The van der Waals surface area contributed by atoms with E-state index < -0.39 is 5.54 Å². The zero-order chi connectivity index (χ0) is 14.0. The molecule has 0 aliphatic carbocycles.